The molecule has 0 spiro atoms. The largest absolute Gasteiger partial charge is 0.207 e. The van der Waals surface area contributed by atoms with Crippen LogP contribution in [0.15, 0.2) is 18.3 Å². The molecule has 0 aliphatic rings. The predicted molar refractivity (Wildman–Crippen MR) is 49.0 cm³/mol. The monoisotopic (exact) mass is 181 g/mol. The first kappa shape index (κ1) is 7.68. The molecule has 2 aromatic rings. The maximum Gasteiger partial charge on any atom is 0.127 e. The van der Waals surface area contributed by atoms with Crippen LogP contribution in [0.5, 0.6) is 0 Å². The Balaban J connectivity index is 2.73. The quantitative estimate of drug-likeness (QED) is 0.659. The maximum atomic E-state index is 13.2. The van der Waals surface area contributed by atoms with E-state index < -0.39 is 0 Å². The summed E-state index contributed by atoms with van der Waals surface area (Å²) >= 11 is 1.33. The van der Waals surface area contributed by atoms with Crippen molar-refractivity contribution in [2.75, 3.05) is 0 Å². The van der Waals surface area contributed by atoms with Gasteiger partial charge < -0.3 is 0 Å². The molecule has 0 bridgehead atoms. The van der Waals surface area contributed by atoms with E-state index in [0.29, 0.717) is 0 Å². The standard InChI is InChI=1S/C9H8FNS/c1-2-6-3-7-5-11-12-9(7)4-8(6)10/h3-5H,2H2,1H3. The third kappa shape index (κ3) is 1.10. The predicted octanol–water partition coefficient (Wildman–Crippen LogP) is 3.00. The van der Waals surface area contributed by atoms with E-state index in [-0.39, 0.29) is 5.82 Å². The van der Waals surface area contributed by atoms with Gasteiger partial charge in [0.25, 0.3) is 0 Å². The van der Waals surface area contributed by atoms with Crippen LogP contribution >= 0.6 is 11.5 Å². The van der Waals surface area contributed by atoms with Crippen molar-refractivity contribution in [2.24, 2.45) is 0 Å². The molecule has 0 aliphatic heterocycles. The third-order valence-electron chi connectivity index (χ3n) is 1.90. The van der Waals surface area contributed by atoms with Gasteiger partial charge in [0, 0.05) is 11.6 Å². The molecule has 0 N–H and O–H groups in total. The van der Waals surface area contributed by atoms with E-state index in [0.717, 1.165) is 22.1 Å². The summed E-state index contributed by atoms with van der Waals surface area (Å²) in [7, 11) is 0. The molecule has 0 fully saturated rings. The summed E-state index contributed by atoms with van der Waals surface area (Å²) in [5.74, 6) is -0.116. The molecule has 1 heterocycles. The molecule has 0 saturated carbocycles. The number of hydrogen-bond acceptors (Lipinski definition) is 2. The van der Waals surface area contributed by atoms with Crippen LogP contribution in [-0.4, -0.2) is 4.37 Å². The molecule has 0 aliphatic carbocycles. The van der Waals surface area contributed by atoms with Crippen LogP contribution in [-0.2, 0) is 6.42 Å². The van der Waals surface area contributed by atoms with Crippen molar-refractivity contribution in [1.29, 1.82) is 0 Å². The normalized spacial score (nSPS) is 10.8. The van der Waals surface area contributed by atoms with Crippen LogP contribution in [0.2, 0.25) is 0 Å². The highest BCUT2D eigenvalue weighted by atomic mass is 32.1. The molecule has 1 nitrogen and oxygen atoms in total. The summed E-state index contributed by atoms with van der Waals surface area (Å²) < 4.78 is 18.1. The zero-order valence-electron chi connectivity index (χ0n) is 6.67. The maximum absolute atomic E-state index is 13.2. The first-order valence-electron chi connectivity index (χ1n) is 3.84. The average molecular weight is 181 g/mol. The second-order valence-corrected chi connectivity index (χ2v) is 3.49. The Bertz CT molecular complexity index is 408. The van der Waals surface area contributed by atoms with Gasteiger partial charge in [0.15, 0.2) is 0 Å². The lowest BCUT2D eigenvalue weighted by atomic mass is 10.1. The van der Waals surface area contributed by atoms with E-state index >= 15 is 0 Å². The second-order valence-electron chi connectivity index (χ2n) is 2.66. The fourth-order valence-electron chi connectivity index (χ4n) is 1.21. The molecule has 1 aromatic carbocycles. The summed E-state index contributed by atoms with van der Waals surface area (Å²) in [6, 6.07) is 3.43. The Morgan fingerprint density at radius 1 is 1.50 bits per heavy atom. The Kier molecular flexibility index (Phi) is 1.81. The molecule has 0 atom stereocenters. The molecule has 1 aromatic heterocycles. The van der Waals surface area contributed by atoms with Gasteiger partial charge in [-0.25, -0.2) is 4.39 Å². The summed E-state index contributed by atoms with van der Waals surface area (Å²) in [5, 5.41) is 1.04. The lowest BCUT2D eigenvalue weighted by Gasteiger charge is -1.97. The van der Waals surface area contributed by atoms with Gasteiger partial charge in [-0.2, -0.15) is 4.37 Å². The number of benzene rings is 1. The van der Waals surface area contributed by atoms with Crippen molar-refractivity contribution in [3.05, 3.63) is 29.7 Å². The smallest absolute Gasteiger partial charge is 0.127 e. The minimum Gasteiger partial charge on any atom is -0.207 e. The van der Waals surface area contributed by atoms with Gasteiger partial charge >= 0.3 is 0 Å². The summed E-state index contributed by atoms with van der Waals surface area (Å²) in [6.45, 7) is 1.95. The van der Waals surface area contributed by atoms with Crippen LogP contribution in [0.3, 0.4) is 0 Å². The number of fused-ring (bicyclic) bond motifs is 1. The highest BCUT2D eigenvalue weighted by Crippen LogP contribution is 2.22. The number of nitrogens with zero attached hydrogens (tertiary/aromatic N) is 1. The van der Waals surface area contributed by atoms with E-state index in [1.54, 1.807) is 12.3 Å². The number of rotatable bonds is 1. The van der Waals surface area contributed by atoms with Crippen molar-refractivity contribution < 1.29 is 4.39 Å². The number of halogens is 1. The van der Waals surface area contributed by atoms with E-state index in [1.807, 2.05) is 13.0 Å². The van der Waals surface area contributed by atoms with Gasteiger partial charge in [-0.15, -0.1) is 0 Å². The third-order valence-corrected chi connectivity index (χ3v) is 2.66. The SMILES string of the molecule is CCc1cc2cnsc2cc1F. The lowest BCUT2D eigenvalue weighted by Crippen LogP contribution is -1.85. The van der Waals surface area contributed by atoms with Crippen LogP contribution in [0.1, 0.15) is 12.5 Å². The van der Waals surface area contributed by atoms with Gasteiger partial charge in [-0.1, -0.05) is 6.92 Å². The Hall–Kier alpha value is -0.960. The summed E-state index contributed by atoms with van der Waals surface area (Å²) in [4.78, 5) is 0. The van der Waals surface area contributed by atoms with E-state index in [1.165, 1.54) is 11.5 Å². The van der Waals surface area contributed by atoms with Crippen molar-refractivity contribution in [3.63, 3.8) is 0 Å². The molecule has 0 radical (unpaired) electrons. The molecule has 0 amide bonds. The van der Waals surface area contributed by atoms with E-state index in [9.17, 15) is 4.39 Å². The van der Waals surface area contributed by atoms with Gasteiger partial charge in [-0.05, 0) is 35.6 Å². The minimum absolute atomic E-state index is 0.116. The van der Waals surface area contributed by atoms with Crippen molar-refractivity contribution in [2.45, 2.75) is 13.3 Å². The Morgan fingerprint density at radius 3 is 3.08 bits per heavy atom. The van der Waals surface area contributed by atoms with E-state index in [4.69, 9.17) is 0 Å². The molecular formula is C9H8FNS. The minimum atomic E-state index is -0.116. The van der Waals surface area contributed by atoms with Crippen molar-refractivity contribution in [3.8, 4) is 0 Å². The van der Waals surface area contributed by atoms with Gasteiger partial charge in [0.2, 0.25) is 0 Å². The summed E-state index contributed by atoms with van der Waals surface area (Å²) in [5.41, 5.74) is 0.766. The van der Waals surface area contributed by atoms with E-state index in [2.05, 4.69) is 4.37 Å². The zero-order chi connectivity index (χ0) is 8.55. The molecular weight excluding hydrogens is 173 g/mol. The van der Waals surface area contributed by atoms with Gasteiger partial charge in [0.05, 0.1) is 4.70 Å². The van der Waals surface area contributed by atoms with Crippen molar-refractivity contribution in [1.82, 2.24) is 4.37 Å². The zero-order valence-corrected chi connectivity index (χ0v) is 7.49. The lowest BCUT2D eigenvalue weighted by molar-refractivity contribution is 0.614. The van der Waals surface area contributed by atoms with Gasteiger partial charge in [0.1, 0.15) is 5.82 Å². The highest BCUT2D eigenvalue weighted by Gasteiger charge is 2.03. The topological polar surface area (TPSA) is 12.9 Å². The molecule has 3 heteroatoms. The van der Waals surface area contributed by atoms with Crippen molar-refractivity contribution >= 4 is 21.6 Å². The van der Waals surface area contributed by atoms with Crippen LogP contribution in [0, 0.1) is 5.82 Å². The number of aryl methyl sites for hydroxylation is 1. The first-order chi connectivity index (χ1) is 5.81. The fourth-order valence-corrected chi connectivity index (χ4v) is 1.86. The van der Waals surface area contributed by atoms with Crippen LogP contribution in [0.4, 0.5) is 4.39 Å². The van der Waals surface area contributed by atoms with Crippen LogP contribution in [0.25, 0.3) is 10.1 Å². The second kappa shape index (κ2) is 2.83. The average Bonchev–Trinajstić information content (AvgIpc) is 2.49. The van der Waals surface area contributed by atoms with Crippen LogP contribution < -0.4 is 0 Å². The molecule has 2 rings (SSSR count). The molecule has 62 valence electrons. The Morgan fingerprint density at radius 2 is 2.33 bits per heavy atom. The number of hydrogen-bond donors (Lipinski definition) is 0. The molecule has 12 heavy (non-hydrogen) atoms. The number of aromatic nitrogens is 1. The van der Waals surface area contributed by atoms with Gasteiger partial charge in [-0.3, -0.25) is 0 Å². The first-order valence-corrected chi connectivity index (χ1v) is 4.61. The summed E-state index contributed by atoms with van der Waals surface area (Å²) in [6.07, 6.45) is 2.51. The fraction of sp³-hybridized carbons (Fsp3) is 0.222. The molecule has 0 saturated heterocycles. The molecule has 0 unspecified atom stereocenters. The highest BCUT2D eigenvalue weighted by molar-refractivity contribution is 7.13. The Labute approximate surface area is 74.0 Å².